The van der Waals surface area contributed by atoms with Gasteiger partial charge in [-0.15, -0.1) is 0 Å². The number of benzene rings is 1. The summed E-state index contributed by atoms with van der Waals surface area (Å²) in [7, 11) is 2.07. The number of rotatable bonds is 8. The number of carbonyl (C=O) groups excluding carboxylic acids is 1. The molecule has 0 heterocycles. The third-order valence-corrected chi connectivity index (χ3v) is 5.21. The van der Waals surface area contributed by atoms with Gasteiger partial charge >= 0.3 is 0 Å². The van der Waals surface area contributed by atoms with Crippen LogP contribution in [0.2, 0.25) is 0 Å². The summed E-state index contributed by atoms with van der Waals surface area (Å²) in [6.07, 6.45) is 4.45. The first-order valence-corrected chi connectivity index (χ1v) is 9.16. The van der Waals surface area contributed by atoms with Crippen LogP contribution in [0.1, 0.15) is 52.7 Å². The molecule has 3 atom stereocenters. The van der Waals surface area contributed by atoms with E-state index in [-0.39, 0.29) is 17.9 Å². The maximum absolute atomic E-state index is 12.8. The van der Waals surface area contributed by atoms with Crippen LogP contribution in [0.15, 0.2) is 30.3 Å². The Morgan fingerprint density at radius 3 is 2.12 bits per heavy atom. The molecule has 1 aromatic carbocycles. The van der Waals surface area contributed by atoms with Gasteiger partial charge < -0.3 is 0 Å². The van der Waals surface area contributed by atoms with E-state index < -0.39 is 0 Å². The van der Waals surface area contributed by atoms with Gasteiger partial charge in [-0.05, 0) is 50.8 Å². The van der Waals surface area contributed by atoms with Crippen LogP contribution in [0, 0.1) is 24.7 Å². The third-order valence-electron chi connectivity index (χ3n) is 5.21. The van der Waals surface area contributed by atoms with Gasteiger partial charge in [0.05, 0.1) is 6.04 Å². The molecule has 0 spiro atoms. The highest BCUT2D eigenvalue weighted by Gasteiger charge is 2.33. The van der Waals surface area contributed by atoms with Crippen molar-refractivity contribution in [3.8, 4) is 0 Å². The molecule has 2 nitrogen and oxygen atoms in total. The molecule has 0 radical (unpaired) electrons. The molecule has 0 aliphatic rings. The number of nitrogens with zero attached hydrogens (tertiary/aromatic N) is 1. The summed E-state index contributed by atoms with van der Waals surface area (Å²) in [5, 5.41) is 0. The molecule has 0 bridgehead atoms. The minimum absolute atomic E-state index is 0.0403. The number of Topliss-reactive ketones (excluding diaryl/α,β-unsaturated/α-hetero) is 1. The Balaban J connectivity index is 2.98. The molecule has 0 saturated carbocycles. The van der Waals surface area contributed by atoms with Crippen LogP contribution in [0.4, 0.5) is 0 Å². The van der Waals surface area contributed by atoms with E-state index in [2.05, 4.69) is 83.0 Å². The van der Waals surface area contributed by atoms with Crippen LogP contribution in [-0.2, 0) is 4.79 Å². The lowest BCUT2D eigenvalue weighted by atomic mass is 9.82. The molecule has 0 aliphatic carbocycles. The highest BCUT2D eigenvalue weighted by molar-refractivity contribution is 5.86. The number of ketones is 1. The van der Waals surface area contributed by atoms with Crippen molar-refractivity contribution in [2.75, 3.05) is 7.05 Å². The Bertz CT molecular complexity index is 559. The minimum atomic E-state index is -0.0403. The Labute approximate surface area is 149 Å². The van der Waals surface area contributed by atoms with Gasteiger partial charge in [-0.3, -0.25) is 9.69 Å². The van der Waals surface area contributed by atoms with Crippen LogP contribution in [0.3, 0.4) is 0 Å². The van der Waals surface area contributed by atoms with Gasteiger partial charge in [0.15, 0.2) is 5.78 Å². The Morgan fingerprint density at radius 1 is 1.04 bits per heavy atom. The molecule has 1 aromatic rings. The van der Waals surface area contributed by atoms with E-state index in [1.807, 2.05) is 13.8 Å². The topological polar surface area (TPSA) is 20.3 Å². The molecular formula is C22H35NO. The normalized spacial score (nSPS) is 16.1. The average Bonchev–Trinajstić information content (AvgIpc) is 2.53. The fourth-order valence-corrected chi connectivity index (χ4v) is 2.99. The summed E-state index contributed by atoms with van der Waals surface area (Å²) in [6.45, 7) is 14.9. The second kappa shape index (κ2) is 9.17. The fraction of sp³-hybridized carbons (Fsp3) is 0.591. The molecule has 1 rings (SSSR count). The standard InChI is InChI=1S/C22H35NO/c1-15(2)22(24)21(23(8)16(3)4)19(7)17(5)13-14-20-12-10-9-11-18(20)6/h9-17,19,21H,1-8H3/b14-13+/t17-,19-,21+/m1/s1. The second-order valence-corrected chi connectivity index (χ2v) is 7.70. The number of likely N-dealkylation sites (N-methyl/N-ethyl adjacent to an activating group) is 1. The first-order valence-electron chi connectivity index (χ1n) is 9.16. The van der Waals surface area contributed by atoms with E-state index in [4.69, 9.17) is 0 Å². The zero-order valence-electron chi connectivity index (χ0n) is 16.7. The Hall–Kier alpha value is -1.41. The zero-order valence-corrected chi connectivity index (χ0v) is 16.7. The van der Waals surface area contributed by atoms with Crippen LogP contribution >= 0.6 is 0 Å². The lowest BCUT2D eigenvalue weighted by Crippen LogP contribution is -2.49. The lowest BCUT2D eigenvalue weighted by molar-refractivity contribution is -0.129. The average molecular weight is 330 g/mol. The maximum atomic E-state index is 12.8. The predicted molar refractivity (Wildman–Crippen MR) is 105 cm³/mol. The van der Waals surface area contributed by atoms with Gasteiger partial charge in [0.25, 0.3) is 0 Å². The van der Waals surface area contributed by atoms with Gasteiger partial charge in [-0.25, -0.2) is 0 Å². The smallest absolute Gasteiger partial charge is 0.152 e. The summed E-state index contributed by atoms with van der Waals surface area (Å²) in [6, 6.07) is 8.71. The number of hydrogen-bond acceptors (Lipinski definition) is 2. The van der Waals surface area contributed by atoms with E-state index in [9.17, 15) is 4.79 Å². The Morgan fingerprint density at radius 2 is 1.62 bits per heavy atom. The number of aryl methyl sites for hydroxylation is 1. The van der Waals surface area contributed by atoms with E-state index in [1.165, 1.54) is 11.1 Å². The molecule has 0 fully saturated rings. The highest BCUT2D eigenvalue weighted by Crippen LogP contribution is 2.25. The van der Waals surface area contributed by atoms with Gasteiger partial charge in [0.2, 0.25) is 0 Å². The van der Waals surface area contributed by atoms with E-state index in [0.717, 1.165) is 0 Å². The summed E-state index contributed by atoms with van der Waals surface area (Å²) in [4.78, 5) is 15.0. The fourth-order valence-electron chi connectivity index (χ4n) is 2.99. The summed E-state index contributed by atoms with van der Waals surface area (Å²) in [5.41, 5.74) is 2.53. The predicted octanol–water partition coefficient (Wildman–Crippen LogP) is 5.21. The molecule has 134 valence electrons. The van der Waals surface area contributed by atoms with Crippen LogP contribution < -0.4 is 0 Å². The van der Waals surface area contributed by atoms with Crippen molar-refractivity contribution in [1.29, 1.82) is 0 Å². The number of carbonyl (C=O) groups is 1. The van der Waals surface area contributed by atoms with Crippen molar-refractivity contribution in [2.45, 2.75) is 60.5 Å². The zero-order chi connectivity index (χ0) is 18.4. The molecule has 0 aromatic heterocycles. The molecule has 0 aliphatic heterocycles. The van der Waals surface area contributed by atoms with Gasteiger partial charge in [-0.2, -0.15) is 0 Å². The van der Waals surface area contributed by atoms with Crippen molar-refractivity contribution in [3.63, 3.8) is 0 Å². The van der Waals surface area contributed by atoms with Crippen molar-refractivity contribution >= 4 is 11.9 Å². The van der Waals surface area contributed by atoms with Crippen molar-refractivity contribution in [3.05, 3.63) is 41.5 Å². The van der Waals surface area contributed by atoms with Crippen LogP contribution in [0.25, 0.3) is 6.08 Å². The summed E-state index contributed by atoms with van der Waals surface area (Å²) >= 11 is 0. The molecule has 24 heavy (non-hydrogen) atoms. The SMILES string of the molecule is Cc1ccccc1/C=C/[C@@H](C)[C@@H](C)[C@@H](C(=O)C(C)C)N(C)C(C)C. The highest BCUT2D eigenvalue weighted by atomic mass is 16.1. The maximum Gasteiger partial charge on any atom is 0.152 e. The second-order valence-electron chi connectivity index (χ2n) is 7.70. The van der Waals surface area contributed by atoms with Crippen LogP contribution in [0.5, 0.6) is 0 Å². The van der Waals surface area contributed by atoms with Crippen molar-refractivity contribution < 1.29 is 4.79 Å². The summed E-state index contributed by atoms with van der Waals surface area (Å²) in [5.74, 6) is 1.01. The van der Waals surface area contributed by atoms with Crippen molar-refractivity contribution in [1.82, 2.24) is 4.90 Å². The van der Waals surface area contributed by atoms with Gasteiger partial charge in [-0.1, -0.05) is 64.1 Å². The van der Waals surface area contributed by atoms with E-state index in [0.29, 0.717) is 17.7 Å². The Kier molecular flexibility index (Phi) is 7.89. The van der Waals surface area contributed by atoms with Crippen LogP contribution in [-0.4, -0.2) is 29.8 Å². The third kappa shape index (κ3) is 5.31. The molecule has 2 heteroatoms. The first kappa shape index (κ1) is 20.6. The quantitative estimate of drug-likeness (QED) is 0.652. The largest absolute Gasteiger partial charge is 0.298 e. The summed E-state index contributed by atoms with van der Waals surface area (Å²) < 4.78 is 0. The monoisotopic (exact) mass is 329 g/mol. The van der Waals surface area contributed by atoms with Crippen molar-refractivity contribution in [2.24, 2.45) is 17.8 Å². The number of allylic oxidation sites excluding steroid dienone is 1. The lowest BCUT2D eigenvalue weighted by Gasteiger charge is -2.37. The van der Waals surface area contributed by atoms with Gasteiger partial charge in [0, 0.05) is 12.0 Å². The number of hydrogen-bond donors (Lipinski definition) is 0. The molecule has 0 N–H and O–H groups in total. The first-order chi connectivity index (χ1) is 11.2. The molecule has 0 amide bonds. The minimum Gasteiger partial charge on any atom is -0.298 e. The van der Waals surface area contributed by atoms with E-state index >= 15 is 0 Å². The molecule has 0 saturated heterocycles. The van der Waals surface area contributed by atoms with E-state index in [1.54, 1.807) is 0 Å². The van der Waals surface area contributed by atoms with Gasteiger partial charge in [0.1, 0.15) is 0 Å². The molecule has 0 unspecified atom stereocenters. The molecular weight excluding hydrogens is 294 g/mol.